The maximum absolute atomic E-state index is 12.5. The molecule has 25 heavy (non-hydrogen) atoms. The third-order valence-electron chi connectivity index (χ3n) is 4.47. The van der Waals surface area contributed by atoms with Gasteiger partial charge in [0.2, 0.25) is 5.91 Å². The third-order valence-corrected chi connectivity index (χ3v) is 4.47. The third kappa shape index (κ3) is 6.26. The topological polar surface area (TPSA) is 49.6 Å². The molecule has 0 aliphatic heterocycles. The molecule has 0 unspecified atom stereocenters. The predicted molar refractivity (Wildman–Crippen MR) is 109 cm³/mol. The summed E-state index contributed by atoms with van der Waals surface area (Å²) in [5.74, 6) is 0.205. The van der Waals surface area contributed by atoms with E-state index >= 15 is 0 Å². The SMILES string of the molecule is CCCN(CCC)c1ccc(CCC(=O)N(CC)C(C)(C)C)cc1N. The fourth-order valence-electron chi connectivity index (χ4n) is 3.35. The van der Waals surface area contributed by atoms with Crippen molar-refractivity contribution in [3.63, 3.8) is 0 Å². The largest absolute Gasteiger partial charge is 0.397 e. The van der Waals surface area contributed by atoms with Crippen molar-refractivity contribution in [2.24, 2.45) is 0 Å². The van der Waals surface area contributed by atoms with Gasteiger partial charge in [0.05, 0.1) is 11.4 Å². The summed E-state index contributed by atoms with van der Waals surface area (Å²) in [5.41, 5.74) is 9.24. The van der Waals surface area contributed by atoms with Gasteiger partial charge in [-0.2, -0.15) is 0 Å². The molecule has 142 valence electrons. The van der Waals surface area contributed by atoms with Crippen LogP contribution in [0, 0.1) is 0 Å². The minimum absolute atomic E-state index is 0.129. The van der Waals surface area contributed by atoms with Gasteiger partial charge in [0, 0.05) is 31.6 Å². The first-order valence-electron chi connectivity index (χ1n) is 9.68. The molecule has 0 aromatic heterocycles. The van der Waals surface area contributed by atoms with Crippen molar-refractivity contribution in [2.45, 2.75) is 72.8 Å². The number of hydrogen-bond acceptors (Lipinski definition) is 3. The zero-order valence-electron chi connectivity index (χ0n) is 17.1. The molecule has 0 spiro atoms. The Bertz CT molecular complexity index is 543. The molecule has 1 aromatic rings. The van der Waals surface area contributed by atoms with Gasteiger partial charge in [0.25, 0.3) is 0 Å². The molecule has 2 N–H and O–H groups in total. The van der Waals surface area contributed by atoms with Crippen molar-refractivity contribution in [3.05, 3.63) is 23.8 Å². The maximum Gasteiger partial charge on any atom is 0.223 e. The molecule has 0 bridgehead atoms. The number of nitrogen functional groups attached to an aromatic ring is 1. The van der Waals surface area contributed by atoms with Gasteiger partial charge in [-0.1, -0.05) is 19.9 Å². The Balaban J connectivity index is 2.78. The van der Waals surface area contributed by atoms with E-state index in [1.807, 2.05) is 17.9 Å². The van der Waals surface area contributed by atoms with Gasteiger partial charge in [0.1, 0.15) is 0 Å². The monoisotopic (exact) mass is 347 g/mol. The number of anilines is 2. The predicted octanol–water partition coefficient (Wildman–Crippen LogP) is 4.47. The molecule has 0 fully saturated rings. The van der Waals surface area contributed by atoms with E-state index in [9.17, 15) is 4.79 Å². The Morgan fingerprint density at radius 3 is 2.12 bits per heavy atom. The molecule has 0 atom stereocenters. The van der Waals surface area contributed by atoms with E-state index in [0.29, 0.717) is 6.42 Å². The van der Waals surface area contributed by atoms with Crippen LogP contribution < -0.4 is 10.6 Å². The molecule has 0 heterocycles. The minimum Gasteiger partial charge on any atom is -0.397 e. The first-order chi connectivity index (χ1) is 11.7. The number of carbonyl (C=O) groups is 1. The summed E-state index contributed by atoms with van der Waals surface area (Å²) in [5, 5.41) is 0. The number of amides is 1. The zero-order valence-corrected chi connectivity index (χ0v) is 17.1. The molecular weight excluding hydrogens is 310 g/mol. The lowest BCUT2D eigenvalue weighted by Gasteiger charge is -2.35. The summed E-state index contributed by atoms with van der Waals surface area (Å²) < 4.78 is 0. The number of carbonyl (C=O) groups excluding carboxylic acids is 1. The van der Waals surface area contributed by atoms with E-state index in [0.717, 1.165) is 55.8 Å². The number of nitrogens with two attached hydrogens (primary N) is 1. The van der Waals surface area contributed by atoms with Gasteiger partial charge in [-0.15, -0.1) is 0 Å². The van der Waals surface area contributed by atoms with Crippen LogP contribution in [0.5, 0.6) is 0 Å². The van der Waals surface area contributed by atoms with Crippen LogP contribution in [0.25, 0.3) is 0 Å². The van der Waals surface area contributed by atoms with Crippen molar-refractivity contribution in [1.82, 2.24) is 4.90 Å². The van der Waals surface area contributed by atoms with Gasteiger partial charge in [-0.25, -0.2) is 0 Å². The van der Waals surface area contributed by atoms with Crippen LogP contribution in [0.1, 0.15) is 66.4 Å². The van der Waals surface area contributed by atoms with E-state index in [1.165, 1.54) is 0 Å². The molecule has 0 saturated carbocycles. The average molecular weight is 348 g/mol. The van der Waals surface area contributed by atoms with E-state index in [2.05, 4.69) is 51.7 Å². The van der Waals surface area contributed by atoms with Gasteiger partial charge in [0.15, 0.2) is 0 Å². The van der Waals surface area contributed by atoms with Crippen LogP contribution in [-0.2, 0) is 11.2 Å². The molecule has 0 aliphatic carbocycles. The molecule has 0 aliphatic rings. The lowest BCUT2D eigenvalue weighted by Crippen LogP contribution is -2.45. The number of nitrogens with zero attached hydrogens (tertiary/aromatic N) is 2. The molecule has 0 saturated heterocycles. The van der Waals surface area contributed by atoms with Crippen molar-refractivity contribution in [1.29, 1.82) is 0 Å². The summed E-state index contributed by atoms with van der Waals surface area (Å²) in [7, 11) is 0. The van der Waals surface area contributed by atoms with Crippen LogP contribution >= 0.6 is 0 Å². The Labute approximate surface area is 154 Å². The van der Waals surface area contributed by atoms with Crippen LogP contribution in [0.15, 0.2) is 18.2 Å². The number of rotatable bonds is 9. The minimum atomic E-state index is -0.129. The van der Waals surface area contributed by atoms with Crippen LogP contribution in [-0.4, -0.2) is 36.0 Å². The number of benzene rings is 1. The van der Waals surface area contributed by atoms with E-state index < -0.39 is 0 Å². The Kier molecular flexibility index (Phi) is 8.27. The molecule has 0 radical (unpaired) electrons. The van der Waals surface area contributed by atoms with Crippen LogP contribution in [0.4, 0.5) is 11.4 Å². The van der Waals surface area contributed by atoms with E-state index in [1.54, 1.807) is 0 Å². The summed E-state index contributed by atoms with van der Waals surface area (Å²) in [6.07, 6.45) is 3.47. The molecule has 1 rings (SSSR count). The Morgan fingerprint density at radius 1 is 1.08 bits per heavy atom. The summed E-state index contributed by atoms with van der Waals surface area (Å²) in [4.78, 5) is 16.8. The first kappa shape index (κ1) is 21.3. The van der Waals surface area contributed by atoms with Crippen molar-refractivity contribution >= 4 is 17.3 Å². The summed E-state index contributed by atoms with van der Waals surface area (Å²) in [6, 6.07) is 6.26. The second-order valence-corrected chi connectivity index (χ2v) is 7.69. The maximum atomic E-state index is 12.5. The lowest BCUT2D eigenvalue weighted by atomic mass is 10.0. The highest BCUT2D eigenvalue weighted by molar-refractivity contribution is 5.77. The van der Waals surface area contributed by atoms with Crippen LogP contribution in [0.3, 0.4) is 0 Å². The number of aryl methyl sites for hydroxylation is 1. The fourth-order valence-corrected chi connectivity index (χ4v) is 3.35. The second-order valence-electron chi connectivity index (χ2n) is 7.69. The van der Waals surface area contributed by atoms with Gasteiger partial charge >= 0.3 is 0 Å². The smallest absolute Gasteiger partial charge is 0.223 e. The molecule has 4 heteroatoms. The lowest BCUT2D eigenvalue weighted by molar-refractivity contribution is -0.135. The van der Waals surface area contributed by atoms with Gasteiger partial charge in [-0.3, -0.25) is 4.79 Å². The quantitative estimate of drug-likeness (QED) is 0.670. The average Bonchev–Trinajstić information content (AvgIpc) is 2.52. The Hall–Kier alpha value is -1.71. The molecule has 1 aromatic carbocycles. The highest BCUT2D eigenvalue weighted by Crippen LogP contribution is 2.26. The van der Waals surface area contributed by atoms with Crippen molar-refractivity contribution in [2.75, 3.05) is 30.3 Å². The van der Waals surface area contributed by atoms with E-state index in [4.69, 9.17) is 5.73 Å². The van der Waals surface area contributed by atoms with Crippen molar-refractivity contribution < 1.29 is 4.79 Å². The number of hydrogen-bond donors (Lipinski definition) is 1. The zero-order chi connectivity index (χ0) is 19.0. The van der Waals surface area contributed by atoms with E-state index in [-0.39, 0.29) is 11.4 Å². The molecule has 4 nitrogen and oxygen atoms in total. The highest BCUT2D eigenvalue weighted by atomic mass is 16.2. The van der Waals surface area contributed by atoms with Crippen molar-refractivity contribution in [3.8, 4) is 0 Å². The normalized spacial score (nSPS) is 11.4. The summed E-state index contributed by atoms with van der Waals surface area (Å²) in [6.45, 7) is 15.4. The highest BCUT2D eigenvalue weighted by Gasteiger charge is 2.24. The standard InChI is InChI=1S/C21H37N3O/c1-7-14-23(15-8-2)19-12-10-17(16-18(19)22)11-13-20(25)24(9-3)21(4,5)6/h10,12,16H,7-9,11,13-15,22H2,1-6H3. The first-order valence-corrected chi connectivity index (χ1v) is 9.68. The summed E-state index contributed by atoms with van der Waals surface area (Å²) >= 11 is 0. The molecular formula is C21H37N3O. The Morgan fingerprint density at radius 2 is 1.68 bits per heavy atom. The second kappa shape index (κ2) is 9.69. The fraction of sp³-hybridized carbons (Fsp3) is 0.667. The van der Waals surface area contributed by atoms with Gasteiger partial charge in [-0.05, 0) is 64.7 Å². The molecule has 1 amide bonds. The van der Waals surface area contributed by atoms with Gasteiger partial charge < -0.3 is 15.5 Å². The van der Waals surface area contributed by atoms with Crippen LogP contribution in [0.2, 0.25) is 0 Å².